The fourth-order valence-corrected chi connectivity index (χ4v) is 3.59. The monoisotopic (exact) mass is 520 g/mol. The number of carboxylic acids is 1. The summed E-state index contributed by atoms with van der Waals surface area (Å²) in [5.41, 5.74) is 1.30. The number of carboxylic acid groups (broad SMARTS) is 1. The van der Waals surface area contributed by atoms with Crippen LogP contribution in [0.4, 0.5) is 10.5 Å². The summed E-state index contributed by atoms with van der Waals surface area (Å²) in [5.74, 6) is -2.24. The summed E-state index contributed by atoms with van der Waals surface area (Å²) >= 11 is 3.30. The lowest BCUT2D eigenvalue weighted by Crippen LogP contribution is -2.54. The highest BCUT2D eigenvalue weighted by molar-refractivity contribution is 9.10. The lowest BCUT2D eigenvalue weighted by Gasteiger charge is -2.26. The molecule has 1 heterocycles. The Hall–Kier alpha value is -4.24. The second-order valence-corrected chi connectivity index (χ2v) is 8.18. The number of anilines is 1. The van der Waals surface area contributed by atoms with Crippen LogP contribution < -0.4 is 15.0 Å². The number of urea groups is 1. The quantitative estimate of drug-likeness (QED) is 0.368. The van der Waals surface area contributed by atoms with Crippen LogP contribution in [0, 0.1) is 0 Å². The van der Waals surface area contributed by atoms with E-state index in [1.807, 2.05) is 0 Å². The van der Waals surface area contributed by atoms with Crippen molar-refractivity contribution in [2.45, 2.75) is 6.61 Å². The maximum Gasteiger partial charge on any atom is 0.335 e. The molecule has 0 radical (unpaired) electrons. The van der Waals surface area contributed by atoms with E-state index in [0.717, 1.165) is 9.37 Å². The van der Waals surface area contributed by atoms with Gasteiger partial charge in [-0.2, -0.15) is 0 Å². The van der Waals surface area contributed by atoms with Crippen LogP contribution in [0.2, 0.25) is 0 Å². The van der Waals surface area contributed by atoms with Gasteiger partial charge in [-0.05, 0) is 54.1 Å². The predicted octanol–water partition coefficient (Wildman–Crippen LogP) is 4.39. The second-order valence-electron chi connectivity index (χ2n) is 7.27. The van der Waals surface area contributed by atoms with E-state index in [-0.39, 0.29) is 17.7 Å². The second kappa shape index (κ2) is 9.72. The molecule has 4 rings (SSSR count). The van der Waals surface area contributed by atoms with Crippen molar-refractivity contribution in [1.82, 2.24) is 5.32 Å². The molecule has 4 amide bonds. The van der Waals surface area contributed by atoms with Gasteiger partial charge < -0.3 is 9.84 Å². The Morgan fingerprint density at radius 1 is 1.00 bits per heavy atom. The first-order valence-corrected chi connectivity index (χ1v) is 10.8. The Morgan fingerprint density at radius 2 is 1.74 bits per heavy atom. The molecule has 2 N–H and O–H groups in total. The molecule has 0 bridgehead atoms. The van der Waals surface area contributed by atoms with Crippen molar-refractivity contribution < 1.29 is 29.0 Å². The number of imide groups is 2. The molecular formula is C25H17BrN2O6. The molecule has 1 aliphatic rings. The van der Waals surface area contributed by atoms with Crippen molar-refractivity contribution in [1.29, 1.82) is 0 Å². The third kappa shape index (κ3) is 4.89. The number of nitrogens with zero attached hydrogens (tertiary/aromatic N) is 1. The number of barbiturate groups is 1. The zero-order chi connectivity index (χ0) is 24.2. The van der Waals surface area contributed by atoms with Crippen LogP contribution in [0.15, 0.2) is 82.8 Å². The van der Waals surface area contributed by atoms with Crippen LogP contribution in [-0.2, 0) is 16.2 Å². The molecule has 1 saturated heterocycles. The molecule has 3 aromatic carbocycles. The summed E-state index contributed by atoms with van der Waals surface area (Å²) in [6.07, 6.45) is 1.36. The summed E-state index contributed by atoms with van der Waals surface area (Å²) in [4.78, 5) is 50.0. The number of benzene rings is 3. The van der Waals surface area contributed by atoms with Gasteiger partial charge in [0.05, 0.1) is 11.3 Å². The average molecular weight is 521 g/mol. The molecule has 34 heavy (non-hydrogen) atoms. The maximum atomic E-state index is 13.1. The number of ether oxygens (including phenoxy) is 1. The highest BCUT2D eigenvalue weighted by Gasteiger charge is 2.36. The molecular weight excluding hydrogens is 504 g/mol. The highest BCUT2D eigenvalue weighted by Crippen LogP contribution is 2.27. The molecule has 3 aromatic rings. The van der Waals surface area contributed by atoms with E-state index in [0.29, 0.717) is 22.6 Å². The van der Waals surface area contributed by atoms with Gasteiger partial charge in [0, 0.05) is 10.0 Å². The lowest BCUT2D eigenvalue weighted by atomic mass is 10.1. The maximum absolute atomic E-state index is 13.1. The van der Waals surface area contributed by atoms with Crippen LogP contribution in [0.1, 0.15) is 21.5 Å². The minimum atomic E-state index is -1.04. The molecule has 1 fully saturated rings. The SMILES string of the molecule is O=C1NC(=O)N(c2ccc(Br)cc2)C(=O)/C1=C/c1ccccc1OCc1cccc(C(=O)O)c1. The first kappa shape index (κ1) is 22.9. The van der Waals surface area contributed by atoms with E-state index in [1.165, 1.54) is 18.2 Å². The number of para-hydroxylation sites is 1. The zero-order valence-corrected chi connectivity index (χ0v) is 19.1. The lowest BCUT2D eigenvalue weighted by molar-refractivity contribution is -0.122. The predicted molar refractivity (Wildman–Crippen MR) is 127 cm³/mol. The first-order chi connectivity index (χ1) is 16.3. The third-order valence-corrected chi connectivity index (χ3v) is 5.50. The van der Waals surface area contributed by atoms with Gasteiger partial charge >= 0.3 is 12.0 Å². The Bertz CT molecular complexity index is 1330. The number of carbonyl (C=O) groups is 4. The molecule has 1 aliphatic heterocycles. The summed E-state index contributed by atoms with van der Waals surface area (Å²) in [6, 6.07) is 18.8. The molecule has 170 valence electrons. The van der Waals surface area contributed by atoms with E-state index in [4.69, 9.17) is 9.84 Å². The van der Waals surface area contributed by atoms with Crippen molar-refractivity contribution in [3.05, 3.63) is 99.5 Å². The fraction of sp³-hybridized carbons (Fsp3) is 0.0400. The van der Waals surface area contributed by atoms with Gasteiger partial charge in [-0.3, -0.25) is 14.9 Å². The van der Waals surface area contributed by atoms with Crippen molar-refractivity contribution in [2.75, 3.05) is 4.90 Å². The summed E-state index contributed by atoms with van der Waals surface area (Å²) < 4.78 is 6.62. The fourth-order valence-electron chi connectivity index (χ4n) is 3.32. The van der Waals surface area contributed by atoms with E-state index < -0.39 is 23.8 Å². The topological polar surface area (TPSA) is 113 Å². The Kier molecular flexibility index (Phi) is 6.55. The van der Waals surface area contributed by atoms with Gasteiger partial charge in [0.2, 0.25) is 0 Å². The normalized spacial score (nSPS) is 14.8. The number of hydrogen-bond acceptors (Lipinski definition) is 5. The van der Waals surface area contributed by atoms with Crippen LogP contribution in [0.5, 0.6) is 5.75 Å². The van der Waals surface area contributed by atoms with Gasteiger partial charge in [0.1, 0.15) is 17.9 Å². The van der Waals surface area contributed by atoms with Crippen LogP contribution in [0.3, 0.4) is 0 Å². The van der Waals surface area contributed by atoms with Gasteiger partial charge in [0.15, 0.2) is 0 Å². The third-order valence-electron chi connectivity index (χ3n) is 4.97. The number of aromatic carboxylic acids is 1. The van der Waals surface area contributed by atoms with E-state index >= 15 is 0 Å². The number of amides is 4. The Morgan fingerprint density at radius 3 is 2.47 bits per heavy atom. The van der Waals surface area contributed by atoms with E-state index in [1.54, 1.807) is 60.7 Å². The average Bonchev–Trinajstić information content (AvgIpc) is 2.82. The van der Waals surface area contributed by atoms with Crippen molar-refractivity contribution in [2.24, 2.45) is 0 Å². The number of halogens is 1. The van der Waals surface area contributed by atoms with Gasteiger partial charge in [-0.1, -0.05) is 46.3 Å². The zero-order valence-electron chi connectivity index (χ0n) is 17.5. The highest BCUT2D eigenvalue weighted by atomic mass is 79.9. The molecule has 0 aromatic heterocycles. The number of rotatable bonds is 6. The van der Waals surface area contributed by atoms with E-state index in [2.05, 4.69) is 21.2 Å². The van der Waals surface area contributed by atoms with Gasteiger partial charge in [-0.25, -0.2) is 14.5 Å². The van der Waals surface area contributed by atoms with Crippen molar-refractivity contribution in [3.8, 4) is 5.75 Å². The molecule has 8 nitrogen and oxygen atoms in total. The van der Waals surface area contributed by atoms with E-state index in [9.17, 15) is 19.2 Å². The Balaban J connectivity index is 1.62. The van der Waals surface area contributed by atoms with Crippen molar-refractivity contribution in [3.63, 3.8) is 0 Å². The standard InChI is InChI=1S/C25H17BrN2O6/c26-18-8-10-19(11-9-18)28-23(30)20(22(29)27-25(28)33)13-16-5-1-2-7-21(16)34-14-15-4-3-6-17(12-15)24(31)32/h1-13H,14H2,(H,31,32)(H,27,29,33)/b20-13+. The summed E-state index contributed by atoms with van der Waals surface area (Å²) in [7, 11) is 0. The van der Waals surface area contributed by atoms with Crippen LogP contribution in [0.25, 0.3) is 6.08 Å². The minimum absolute atomic E-state index is 0.0744. The van der Waals surface area contributed by atoms with Crippen LogP contribution in [-0.4, -0.2) is 28.9 Å². The Labute approximate surface area is 202 Å². The number of carbonyl (C=O) groups excluding carboxylic acids is 3. The van der Waals surface area contributed by atoms with Crippen LogP contribution >= 0.6 is 15.9 Å². The summed E-state index contributed by atoms with van der Waals surface area (Å²) in [5, 5.41) is 11.3. The molecule has 0 atom stereocenters. The number of nitrogens with one attached hydrogen (secondary N) is 1. The van der Waals surface area contributed by atoms with Gasteiger partial charge in [0.25, 0.3) is 11.8 Å². The molecule has 0 spiro atoms. The van der Waals surface area contributed by atoms with Gasteiger partial charge in [-0.15, -0.1) is 0 Å². The first-order valence-electron chi connectivity index (χ1n) is 10.0. The largest absolute Gasteiger partial charge is 0.488 e. The summed E-state index contributed by atoms with van der Waals surface area (Å²) in [6.45, 7) is 0.0744. The number of hydrogen-bond donors (Lipinski definition) is 2. The van der Waals surface area contributed by atoms with Crippen molar-refractivity contribution >= 4 is 51.5 Å². The molecule has 9 heteroatoms. The molecule has 0 unspecified atom stereocenters. The molecule has 0 saturated carbocycles. The smallest absolute Gasteiger partial charge is 0.335 e. The minimum Gasteiger partial charge on any atom is -0.488 e. The molecule has 0 aliphatic carbocycles.